The zero-order valence-corrected chi connectivity index (χ0v) is 19.5. The third-order valence-corrected chi connectivity index (χ3v) is 3.93. The molecule has 0 aliphatic rings. The molecule has 0 saturated carbocycles. The summed E-state index contributed by atoms with van der Waals surface area (Å²) in [6.07, 6.45) is 16.7. The van der Waals surface area contributed by atoms with E-state index in [0.717, 1.165) is 25.6 Å². The molecule has 4 heteroatoms. The second-order valence-electron chi connectivity index (χ2n) is 6.30. The predicted molar refractivity (Wildman–Crippen MR) is 98.1 cm³/mol. The normalized spacial score (nSPS) is 11.6. The Hall–Kier alpha value is 1.42. The van der Waals surface area contributed by atoms with Crippen LogP contribution < -0.4 is 24.0 Å². The zero-order valence-electron chi connectivity index (χ0n) is 16.0. The van der Waals surface area contributed by atoms with Crippen LogP contribution in [-0.2, 0) is 9.47 Å². The molecule has 0 rings (SSSR count). The molecule has 0 aromatic heterocycles. The predicted octanol–water partition coefficient (Wildman–Crippen LogP) is 2.77. The Morgan fingerprint density at radius 2 is 1.35 bits per heavy atom. The van der Waals surface area contributed by atoms with Crippen molar-refractivity contribution in [3.05, 3.63) is 6.42 Å². The molecule has 0 spiro atoms. The average Bonchev–Trinajstić information content (AvgIpc) is 2.48. The van der Waals surface area contributed by atoms with Crippen molar-refractivity contribution in [3.63, 3.8) is 0 Å². The number of ether oxygens (including phenoxy) is 2. The fourth-order valence-electron chi connectivity index (χ4n) is 2.57. The van der Waals surface area contributed by atoms with Gasteiger partial charge in [-0.25, -0.2) is 0 Å². The van der Waals surface area contributed by atoms with E-state index < -0.39 is 0 Å². The molecule has 0 aromatic rings. The summed E-state index contributed by atoms with van der Waals surface area (Å²) in [6.45, 7) is 8.88. The van der Waals surface area contributed by atoms with Crippen molar-refractivity contribution in [3.8, 4) is 0 Å². The van der Waals surface area contributed by atoms with E-state index in [9.17, 15) is 0 Å². The summed E-state index contributed by atoms with van der Waals surface area (Å²) in [5.41, 5.74) is 0. The molecule has 0 fully saturated rings. The first-order chi connectivity index (χ1) is 10.3. The van der Waals surface area contributed by atoms with Crippen molar-refractivity contribution in [2.24, 2.45) is 5.92 Å². The van der Waals surface area contributed by atoms with Crippen LogP contribution in [0.1, 0.15) is 91.4 Å². The van der Waals surface area contributed by atoms with Crippen LogP contribution in [0.15, 0.2) is 0 Å². The quantitative estimate of drug-likeness (QED) is 0.112. The maximum absolute atomic E-state index is 5.50. The molecule has 136 valence electrons. The Balaban J connectivity index is -0.00000200. The number of hydrogen-bond donors (Lipinski definition) is 0. The van der Waals surface area contributed by atoms with Crippen molar-refractivity contribution >= 4 is 23.1 Å². The average molecular weight is 451 g/mol. The van der Waals surface area contributed by atoms with Crippen LogP contribution in [-0.4, -0.2) is 43.1 Å². The van der Waals surface area contributed by atoms with Crippen LogP contribution in [0.25, 0.3) is 0 Å². The summed E-state index contributed by atoms with van der Waals surface area (Å²) in [7, 11) is 0. The van der Waals surface area contributed by atoms with Gasteiger partial charge in [0.25, 0.3) is 0 Å². The molecule has 1 atom stereocenters. The topological polar surface area (TPSA) is 18.5 Å². The molecule has 0 saturated heterocycles. The van der Waals surface area contributed by atoms with Gasteiger partial charge in [0.15, 0.2) is 0 Å². The fraction of sp³-hybridized carbons (Fsp3) is 0.947. The Morgan fingerprint density at radius 1 is 0.826 bits per heavy atom. The van der Waals surface area contributed by atoms with Gasteiger partial charge >= 0.3 is 23.1 Å². The molecule has 1 unspecified atom stereocenters. The van der Waals surface area contributed by atoms with Gasteiger partial charge in [0.05, 0.1) is 0 Å². The van der Waals surface area contributed by atoms with Gasteiger partial charge in [0.2, 0.25) is 0 Å². The smallest absolute Gasteiger partial charge is 1.00 e. The molecule has 0 amide bonds. The first-order valence-corrected chi connectivity index (χ1v) is 9.24. The SMILES string of the molecule is C[CH-]CC(C)CCCOCOCCCCCCCCCC.[I-].[Mg+2]. The van der Waals surface area contributed by atoms with Crippen molar-refractivity contribution in [2.45, 2.75) is 91.4 Å². The van der Waals surface area contributed by atoms with E-state index in [1.807, 2.05) is 0 Å². The summed E-state index contributed by atoms with van der Waals surface area (Å²) < 4.78 is 11.0. The Bertz CT molecular complexity index is 194. The maximum atomic E-state index is 5.50. The van der Waals surface area contributed by atoms with Gasteiger partial charge in [-0.05, 0) is 12.8 Å². The summed E-state index contributed by atoms with van der Waals surface area (Å²) in [5.74, 6) is 0.789. The summed E-state index contributed by atoms with van der Waals surface area (Å²) in [6, 6.07) is 0. The molecule has 23 heavy (non-hydrogen) atoms. The number of halogens is 1. The minimum absolute atomic E-state index is 0. The molecule has 2 nitrogen and oxygen atoms in total. The number of unbranched alkanes of at least 4 members (excludes halogenated alkanes) is 7. The second-order valence-corrected chi connectivity index (χ2v) is 6.30. The molecule has 0 radical (unpaired) electrons. The first kappa shape index (κ1) is 29.2. The van der Waals surface area contributed by atoms with Crippen LogP contribution >= 0.6 is 0 Å². The van der Waals surface area contributed by atoms with Gasteiger partial charge in [-0.3, -0.25) is 0 Å². The van der Waals surface area contributed by atoms with Crippen molar-refractivity contribution in [1.29, 1.82) is 0 Å². The Kier molecular flexibility index (Phi) is 32.6. The minimum Gasteiger partial charge on any atom is -1.00 e. The fourth-order valence-corrected chi connectivity index (χ4v) is 2.57. The maximum Gasteiger partial charge on any atom is 2.00 e. The van der Waals surface area contributed by atoms with Gasteiger partial charge in [-0.1, -0.05) is 71.1 Å². The van der Waals surface area contributed by atoms with E-state index in [4.69, 9.17) is 9.47 Å². The zero-order chi connectivity index (χ0) is 15.6. The van der Waals surface area contributed by atoms with E-state index in [2.05, 4.69) is 27.2 Å². The standard InChI is InChI=1S/C19H39O2.HI.Mg/c1-4-6-7-8-9-10-11-12-16-20-18-21-17-13-15-19(3)14-5-2;;/h5,19H,4,6-18H2,1-3H3;1H;/q-1;;+2/p-1. The summed E-state index contributed by atoms with van der Waals surface area (Å²) >= 11 is 0. The van der Waals surface area contributed by atoms with E-state index in [1.54, 1.807) is 0 Å². The minimum atomic E-state index is 0. The van der Waals surface area contributed by atoms with Crippen LogP contribution in [0.5, 0.6) is 0 Å². The molecule has 0 aromatic carbocycles. The van der Waals surface area contributed by atoms with Crippen LogP contribution in [0, 0.1) is 12.3 Å². The Morgan fingerprint density at radius 3 is 1.91 bits per heavy atom. The van der Waals surface area contributed by atoms with E-state index in [0.29, 0.717) is 6.79 Å². The van der Waals surface area contributed by atoms with Gasteiger partial charge < -0.3 is 39.9 Å². The number of hydrogen-bond acceptors (Lipinski definition) is 2. The molecular formula is C19H39IMgO2. The third-order valence-electron chi connectivity index (χ3n) is 3.93. The van der Waals surface area contributed by atoms with Crippen LogP contribution in [0.3, 0.4) is 0 Å². The second kappa shape index (κ2) is 25.7. The molecule has 0 aliphatic carbocycles. The monoisotopic (exact) mass is 450 g/mol. The molecular weight excluding hydrogens is 411 g/mol. The molecule has 0 heterocycles. The van der Waals surface area contributed by atoms with Gasteiger partial charge in [-0.2, -0.15) is 13.3 Å². The molecule has 0 bridgehead atoms. The summed E-state index contributed by atoms with van der Waals surface area (Å²) in [5, 5.41) is 0. The summed E-state index contributed by atoms with van der Waals surface area (Å²) in [4.78, 5) is 0. The van der Waals surface area contributed by atoms with Gasteiger partial charge in [0.1, 0.15) is 6.79 Å². The van der Waals surface area contributed by atoms with Crippen molar-refractivity contribution in [1.82, 2.24) is 0 Å². The van der Waals surface area contributed by atoms with Crippen molar-refractivity contribution < 1.29 is 33.5 Å². The van der Waals surface area contributed by atoms with E-state index in [1.165, 1.54) is 64.2 Å². The van der Waals surface area contributed by atoms with E-state index in [-0.39, 0.29) is 47.0 Å². The van der Waals surface area contributed by atoms with Gasteiger partial charge in [-0.15, -0.1) is 0 Å². The Labute approximate surface area is 179 Å². The number of rotatable bonds is 17. The van der Waals surface area contributed by atoms with Crippen molar-refractivity contribution in [2.75, 3.05) is 20.0 Å². The van der Waals surface area contributed by atoms with Gasteiger partial charge in [0, 0.05) is 13.2 Å². The van der Waals surface area contributed by atoms with Crippen LogP contribution in [0.4, 0.5) is 0 Å². The third kappa shape index (κ3) is 25.8. The van der Waals surface area contributed by atoms with E-state index >= 15 is 0 Å². The molecule has 0 aliphatic heterocycles. The molecule has 0 N–H and O–H groups in total. The van der Waals surface area contributed by atoms with Crippen LogP contribution in [0.2, 0.25) is 0 Å². The first-order valence-electron chi connectivity index (χ1n) is 9.24. The largest absolute Gasteiger partial charge is 2.00 e.